The van der Waals surface area contributed by atoms with Crippen molar-refractivity contribution < 1.29 is 4.79 Å². The Labute approximate surface area is 130 Å². The molecule has 4 fully saturated rings. The minimum Gasteiger partial charge on any atom is -0.351 e. The van der Waals surface area contributed by atoms with Crippen molar-refractivity contribution in [2.24, 2.45) is 35.0 Å². The normalized spacial score (nSPS) is 39.6. The second-order valence-electron chi connectivity index (χ2n) is 9.40. The van der Waals surface area contributed by atoms with E-state index in [1.165, 1.54) is 38.5 Å². The molecule has 2 heteroatoms. The van der Waals surface area contributed by atoms with Crippen molar-refractivity contribution >= 4 is 5.91 Å². The van der Waals surface area contributed by atoms with Crippen LogP contribution in [-0.4, -0.2) is 11.4 Å². The van der Waals surface area contributed by atoms with E-state index in [0.29, 0.717) is 17.3 Å². The van der Waals surface area contributed by atoms with E-state index < -0.39 is 0 Å². The molecule has 2 nitrogen and oxygen atoms in total. The summed E-state index contributed by atoms with van der Waals surface area (Å²) in [5, 5.41) is 3.29. The summed E-state index contributed by atoms with van der Waals surface area (Å²) < 4.78 is 0. The number of rotatable bonds is 4. The first-order valence-electron chi connectivity index (χ1n) is 9.00. The first-order chi connectivity index (χ1) is 9.72. The summed E-state index contributed by atoms with van der Waals surface area (Å²) in [5.74, 6) is 4.28. The topological polar surface area (TPSA) is 29.1 Å². The van der Waals surface area contributed by atoms with Crippen molar-refractivity contribution in [1.29, 1.82) is 0 Å². The zero-order chi connectivity index (χ0) is 15.4. The first kappa shape index (κ1) is 15.4. The average Bonchev–Trinajstić information content (AvgIpc) is 2.21. The average molecular weight is 291 g/mol. The van der Waals surface area contributed by atoms with Crippen LogP contribution in [0.15, 0.2) is 0 Å². The van der Waals surface area contributed by atoms with E-state index in [4.69, 9.17) is 0 Å². The molecule has 0 aromatic rings. The van der Waals surface area contributed by atoms with Crippen LogP contribution in [0.5, 0.6) is 0 Å². The third-order valence-corrected chi connectivity index (χ3v) is 6.69. The molecule has 0 aromatic heterocycles. The van der Waals surface area contributed by atoms with Crippen LogP contribution >= 0.6 is 0 Å². The van der Waals surface area contributed by atoms with Crippen LogP contribution in [0.1, 0.15) is 73.1 Å². The molecule has 4 aliphatic rings. The maximum absolute atomic E-state index is 11.7. The van der Waals surface area contributed by atoms with E-state index in [-0.39, 0.29) is 11.4 Å². The zero-order valence-corrected chi connectivity index (χ0v) is 14.5. The molecule has 0 aliphatic heterocycles. The minimum atomic E-state index is -0.0916. The molecule has 0 spiro atoms. The molecule has 120 valence electrons. The van der Waals surface area contributed by atoms with Gasteiger partial charge in [-0.3, -0.25) is 4.79 Å². The van der Waals surface area contributed by atoms with Gasteiger partial charge in [-0.05, 0) is 87.4 Å². The highest BCUT2D eigenvalue weighted by molar-refractivity contribution is 5.73. The van der Waals surface area contributed by atoms with Gasteiger partial charge in [-0.1, -0.05) is 13.8 Å². The van der Waals surface area contributed by atoms with Gasteiger partial charge in [0.25, 0.3) is 0 Å². The molecule has 1 atom stereocenters. The van der Waals surface area contributed by atoms with E-state index >= 15 is 0 Å². The molecule has 1 unspecified atom stereocenters. The predicted molar refractivity (Wildman–Crippen MR) is 86.8 cm³/mol. The lowest BCUT2D eigenvalue weighted by Gasteiger charge is -2.63. The Morgan fingerprint density at radius 1 is 1.05 bits per heavy atom. The van der Waals surface area contributed by atoms with Crippen LogP contribution in [0.3, 0.4) is 0 Å². The number of nitrogens with one attached hydrogen (secondary N) is 1. The summed E-state index contributed by atoms with van der Waals surface area (Å²) in [4.78, 5) is 11.7. The van der Waals surface area contributed by atoms with Gasteiger partial charge in [0, 0.05) is 12.5 Å². The highest BCUT2D eigenvalue weighted by atomic mass is 16.1. The van der Waals surface area contributed by atoms with Gasteiger partial charge in [-0.15, -0.1) is 0 Å². The highest BCUT2D eigenvalue weighted by Crippen LogP contribution is 2.65. The third kappa shape index (κ3) is 2.64. The summed E-state index contributed by atoms with van der Waals surface area (Å²) in [5.41, 5.74) is 0.403. The van der Waals surface area contributed by atoms with Crippen LogP contribution in [-0.2, 0) is 4.79 Å². The van der Waals surface area contributed by atoms with Gasteiger partial charge in [0.2, 0.25) is 5.91 Å². The van der Waals surface area contributed by atoms with Gasteiger partial charge in [0.15, 0.2) is 0 Å². The molecule has 4 rings (SSSR count). The van der Waals surface area contributed by atoms with Gasteiger partial charge in [-0.2, -0.15) is 0 Å². The Bertz CT molecular complexity index is 388. The molecular formula is C19H33NO. The second-order valence-corrected chi connectivity index (χ2v) is 9.40. The maximum atomic E-state index is 11.7. The molecular weight excluding hydrogens is 258 g/mol. The van der Waals surface area contributed by atoms with Crippen LogP contribution in [0, 0.1) is 35.0 Å². The summed E-state index contributed by atoms with van der Waals surface area (Å²) in [6.07, 6.45) is 8.74. The van der Waals surface area contributed by atoms with Crippen molar-refractivity contribution in [3.63, 3.8) is 0 Å². The fraction of sp³-hybridized carbons (Fsp3) is 0.947. The Balaban J connectivity index is 1.92. The van der Waals surface area contributed by atoms with Crippen molar-refractivity contribution in [3.8, 4) is 0 Å². The summed E-state index contributed by atoms with van der Waals surface area (Å²) >= 11 is 0. The second kappa shape index (κ2) is 4.99. The van der Waals surface area contributed by atoms with Gasteiger partial charge in [0.05, 0.1) is 0 Å². The van der Waals surface area contributed by atoms with Crippen molar-refractivity contribution in [3.05, 3.63) is 0 Å². The molecule has 4 aliphatic carbocycles. The summed E-state index contributed by atoms with van der Waals surface area (Å²) in [7, 11) is 0. The minimum absolute atomic E-state index is 0.0916. The maximum Gasteiger partial charge on any atom is 0.217 e. The predicted octanol–water partition coefficient (Wildman–Crippen LogP) is 4.39. The number of amides is 1. The van der Waals surface area contributed by atoms with E-state index in [1.54, 1.807) is 6.92 Å². The molecule has 4 bridgehead atoms. The molecule has 21 heavy (non-hydrogen) atoms. The first-order valence-corrected chi connectivity index (χ1v) is 9.00. The molecule has 1 N–H and O–H groups in total. The Hall–Kier alpha value is -0.530. The van der Waals surface area contributed by atoms with E-state index in [1.807, 2.05) is 0 Å². The lowest BCUT2D eigenvalue weighted by Crippen LogP contribution is -2.60. The summed E-state index contributed by atoms with van der Waals surface area (Å²) in [6.45, 7) is 10.9. The molecule has 0 heterocycles. The Morgan fingerprint density at radius 3 is 1.81 bits per heavy atom. The van der Waals surface area contributed by atoms with Gasteiger partial charge in [0.1, 0.15) is 0 Å². The van der Waals surface area contributed by atoms with E-state index in [9.17, 15) is 4.79 Å². The SMILES string of the molecule is CC(=O)NC(C)(C)C(C(C)C)C12CC3CC(CC(C3)C1)C2. The van der Waals surface area contributed by atoms with Gasteiger partial charge >= 0.3 is 0 Å². The van der Waals surface area contributed by atoms with Crippen LogP contribution in [0.4, 0.5) is 0 Å². The number of hydrogen-bond donors (Lipinski definition) is 1. The van der Waals surface area contributed by atoms with Crippen LogP contribution in [0.2, 0.25) is 0 Å². The Kier molecular flexibility index (Phi) is 3.65. The molecule has 4 saturated carbocycles. The number of carbonyl (C=O) groups is 1. The van der Waals surface area contributed by atoms with Crippen molar-refractivity contribution in [2.75, 3.05) is 0 Å². The smallest absolute Gasteiger partial charge is 0.217 e. The highest BCUT2D eigenvalue weighted by Gasteiger charge is 2.57. The number of carbonyl (C=O) groups excluding carboxylic acids is 1. The fourth-order valence-corrected chi connectivity index (χ4v) is 7.40. The van der Waals surface area contributed by atoms with Crippen LogP contribution < -0.4 is 5.32 Å². The zero-order valence-electron chi connectivity index (χ0n) is 14.5. The van der Waals surface area contributed by atoms with E-state index in [2.05, 4.69) is 33.0 Å². The third-order valence-electron chi connectivity index (χ3n) is 6.69. The van der Waals surface area contributed by atoms with Crippen molar-refractivity contribution in [2.45, 2.75) is 78.7 Å². The van der Waals surface area contributed by atoms with Gasteiger partial charge < -0.3 is 5.32 Å². The quantitative estimate of drug-likeness (QED) is 0.817. The monoisotopic (exact) mass is 291 g/mol. The molecule has 1 amide bonds. The largest absolute Gasteiger partial charge is 0.351 e. The fourth-order valence-electron chi connectivity index (χ4n) is 7.40. The molecule has 0 aromatic carbocycles. The van der Waals surface area contributed by atoms with Gasteiger partial charge in [-0.25, -0.2) is 0 Å². The lowest BCUT2D eigenvalue weighted by atomic mass is 9.43. The standard InChI is InChI=1S/C19H33NO/c1-12(2)17(18(4,5)20-13(3)21)19-9-14-6-15(10-19)8-16(7-14)11-19/h12,14-17H,6-11H2,1-5H3,(H,20,21). The van der Waals surface area contributed by atoms with Crippen molar-refractivity contribution in [1.82, 2.24) is 5.32 Å². The lowest BCUT2D eigenvalue weighted by molar-refractivity contribution is -0.132. The van der Waals surface area contributed by atoms with Crippen LogP contribution in [0.25, 0.3) is 0 Å². The molecule has 0 saturated heterocycles. The number of hydrogen-bond acceptors (Lipinski definition) is 1. The molecule has 0 radical (unpaired) electrons. The summed E-state index contributed by atoms with van der Waals surface area (Å²) in [6, 6.07) is 0. The Morgan fingerprint density at radius 2 is 1.48 bits per heavy atom. The van der Waals surface area contributed by atoms with E-state index in [0.717, 1.165) is 17.8 Å².